The molecule has 0 saturated heterocycles. The maximum atomic E-state index is 9.80. The minimum Gasteiger partial charge on any atom is -0.390 e. The van der Waals surface area contributed by atoms with Gasteiger partial charge in [0.05, 0.1) is 11.7 Å². The third kappa shape index (κ3) is 2.44. The number of hydrogen-bond acceptors (Lipinski definition) is 3. The van der Waals surface area contributed by atoms with Crippen LogP contribution in [0.1, 0.15) is 25.7 Å². The molecule has 0 aromatic carbocycles. The van der Waals surface area contributed by atoms with Crippen LogP contribution >= 0.6 is 0 Å². The van der Waals surface area contributed by atoms with Crippen LogP contribution in [0.15, 0.2) is 0 Å². The van der Waals surface area contributed by atoms with Gasteiger partial charge in [0.2, 0.25) is 0 Å². The molecule has 0 heterocycles. The van der Waals surface area contributed by atoms with Crippen molar-refractivity contribution in [3.8, 4) is 0 Å². The van der Waals surface area contributed by atoms with E-state index < -0.39 is 5.60 Å². The molecule has 1 fully saturated rings. The van der Waals surface area contributed by atoms with Crippen LogP contribution in [0.2, 0.25) is 0 Å². The van der Waals surface area contributed by atoms with Crippen molar-refractivity contribution in [3.63, 3.8) is 0 Å². The highest BCUT2D eigenvalue weighted by Crippen LogP contribution is 2.37. The zero-order chi connectivity index (χ0) is 9.03. The lowest BCUT2D eigenvalue weighted by Gasteiger charge is -2.42. The topological polar surface area (TPSA) is 38.7 Å². The standard InChI is InChI=1S/C9H18O3/c1-11-5-3-4-9(10)6-8(7-9)12-2/h8,10H,3-7H2,1-2H3. The van der Waals surface area contributed by atoms with E-state index in [4.69, 9.17) is 9.47 Å². The highest BCUT2D eigenvalue weighted by atomic mass is 16.5. The molecule has 12 heavy (non-hydrogen) atoms. The van der Waals surface area contributed by atoms with Gasteiger partial charge in [-0.1, -0.05) is 0 Å². The van der Waals surface area contributed by atoms with Gasteiger partial charge in [-0.3, -0.25) is 0 Å². The molecule has 0 bridgehead atoms. The Morgan fingerprint density at radius 2 is 2.08 bits per heavy atom. The minimum atomic E-state index is -0.459. The van der Waals surface area contributed by atoms with E-state index in [1.165, 1.54) is 0 Å². The Labute approximate surface area is 73.7 Å². The highest BCUT2D eigenvalue weighted by Gasteiger charge is 2.41. The summed E-state index contributed by atoms with van der Waals surface area (Å²) in [7, 11) is 3.38. The van der Waals surface area contributed by atoms with Gasteiger partial charge in [-0.2, -0.15) is 0 Å². The molecule has 1 rings (SSSR count). The van der Waals surface area contributed by atoms with Crippen LogP contribution < -0.4 is 0 Å². The van der Waals surface area contributed by atoms with Gasteiger partial charge in [0.25, 0.3) is 0 Å². The molecule has 0 unspecified atom stereocenters. The van der Waals surface area contributed by atoms with E-state index in [2.05, 4.69) is 0 Å². The molecule has 0 spiro atoms. The van der Waals surface area contributed by atoms with Crippen molar-refractivity contribution in [1.82, 2.24) is 0 Å². The molecule has 1 aliphatic carbocycles. The van der Waals surface area contributed by atoms with Crippen LogP contribution in [0.25, 0.3) is 0 Å². The largest absolute Gasteiger partial charge is 0.390 e. The molecule has 0 aromatic rings. The fourth-order valence-electron chi connectivity index (χ4n) is 1.70. The Balaban J connectivity index is 2.08. The molecule has 0 aromatic heterocycles. The second kappa shape index (κ2) is 4.21. The molecule has 0 atom stereocenters. The van der Waals surface area contributed by atoms with Gasteiger partial charge in [-0.15, -0.1) is 0 Å². The molecular formula is C9H18O3. The lowest BCUT2D eigenvalue weighted by atomic mass is 9.74. The summed E-state index contributed by atoms with van der Waals surface area (Å²) in [5, 5.41) is 9.80. The molecule has 0 radical (unpaired) electrons. The van der Waals surface area contributed by atoms with Gasteiger partial charge in [-0.25, -0.2) is 0 Å². The van der Waals surface area contributed by atoms with Crippen LogP contribution in [-0.2, 0) is 9.47 Å². The Kier molecular flexibility index (Phi) is 3.50. The number of methoxy groups -OCH3 is 2. The smallest absolute Gasteiger partial charge is 0.0698 e. The Bertz CT molecular complexity index is 130. The monoisotopic (exact) mass is 174 g/mol. The third-order valence-electron chi connectivity index (χ3n) is 2.54. The second-order valence-electron chi connectivity index (χ2n) is 3.59. The maximum Gasteiger partial charge on any atom is 0.0698 e. The Morgan fingerprint density at radius 1 is 1.42 bits per heavy atom. The van der Waals surface area contributed by atoms with Gasteiger partial charge in [-0.05, 0) is 12.8 Å². The van der Waals surface area contributed by atoms with Crippen molar-refractivity contribution < 1.29 is 14.6 Å². The van der Waals surface area contributed by atoms with Crippen LogP contribution in [0.4, 0.5) is 0 Å². The number of ether oxygens (including phenoxy) is 2. The van der Waals surface area contributed by atoms with Crippen molar-refractivity contribution in [2.24, 2.45) is 0 Å². The summed E-state index contributed by atoms with van der Waals surface area (Å²) in [4.78, 5) is 0. The fraction of sp³-hybridized carbons (Fsp3) is 1.00. The number of rotatable bonds is 5. The van der Waals surface area contributed by atoms with Crippen molar-refractivity contribution in [2.75, 3.05) is 20.8 Å². The van der Waals surface area contributed by atoms with Crippen molar-refractivity contribution >= 4 is 0 Å². The predicted octanol–water partition coefficient (Wildman–Crippen LogP) is 0.953. The van der Waals surface area contributed by atoms with Gasteiger partial charge >= 0.3 is 0 Å². The molecule has 3 heteroatoms. The summed E-state index contributed by atoms with van der Waals surface area (Å²) in [6.07, 6.45) is 3.61. The zero-order valence-corrected chi connectivity index (χ0v) is 7.88. The van der Waals surface area contributed by atoms with Gasteiger partial charge < -0.3 is 14.6 Å². The van der Waals surface area contributed by atoms with E-state index in [1.54, 1.807) is 14.2 Å². The van der Waals surface area contributed by atoms with Crippen molar-refractivity contribution in [1.29, 1.82) is 0 Å². The highest BCUT2D eigenvalue weighted by molar-refractivity contribution is 4.94. The summed E-state index contributed by atoms with van der Waals surface area (Å²) in [5.74, 6) is 0. The van der Waals surface area contributed by atoms with E-state index in [0.717, 1.165) is 32.3 Å². The first kappa shape index (κ1) is 9.96. The molecule has 3 nitrogen and oxygen atoms in total. The summed E-state index contributed by atoms with van der Waals surface area (Å²) in [6, 6.07) is 0. The predicted molar refractivity (Wildman–Crippen MR) is 46.1 cm³/mol. The molecule has 1 aliphatic rings. The van der Waals surface area contributed by atoms with Gasteiger partial charge in [0, 0.05) is 33.7 Å². The fourth-order valence-corrected chi connectivity index (χ4v) is 1.70. The van der Waals surface area contributed by atoms with E-state index in [0.29, 0.717) is 0 Å². The number of hydrogen-bond donors (Lipinski definition) is 1. The average molecular weight is 174 g/mol. The maximum absolute atomic E-state index is 9.80. The first-order chi connectivity index (χ1) is 5.70. The normalized spacial score (nSPS) is 34.8. The first-order valence-corrected chi connectivity index (χ1v) is 4.44. The quantitative estimate of drug-likeness (QED) is 0.631. The minimum absolute atomic E-state index is 0.276. The molecule has 1 N–H and O–H groups in total. The van der Waals surface area contributed by atoms with E-state index >= 15 is 0 Å². The summed E-state index contributed by atoms with van der Waals surface area (Å²) >= 11 is 0. The molecule has 0 amide bonds. The molecule has 1 saturated carbocycles. The summed E-state index contributed by atoms with van der Waals surface area (Å²) in [5.41, 5.74) is -0.459. The van der Waals surface area contributed by atoms with Gasteiger partial charge in [0.1, 0.15) is 0 Å². The van der Waals surface area contributed by atoms with Crippen LogP contribution in [0.5, 0.6) is 0 Å². The molecular weight excluding hydrogens is 156 g/mol. The van der Waals surface area contributed by atoms with Gasteiger partial charge in [0.15, 0.2) is 0 Å². The second-order valence-corrected chi connectivity index (χ2v) is 3.59. The SMILES string of the molecule is COCCCC1(O)CC(OC)C1. The van der Waals surface area contributed by atoms with E-state index in [1.807, 2.05) is 0 Å². The van der Waals surface area contributed by atoms with Crippen molar-refractivity contribution in [3.05, 3.63) is 0 Å². The summed E-state index contributed by atoms with van der Waals surface area (Å²) < 4.78 is 10.0. The molecule has 0 aliphatic heterocycles. The van der Waals surface area contributed by atoms with E-state index in [9.17, 15) is 5.11 Å². The Hall–Kier alpha value is -0.120. The van der Waals surface area contributed by atoms with Crippen molar-refractivity contribution in [2.45, 2.75) is 37.4 Å². The zero-order valence-electron chi connectivity index (χ0n) is 7.88. The van der Waals surface area contributed by atoms with E-state index in [-0.39, 0.29) is 6.10 Å². The molecule has 72 valence electrons. The van der Waals surface area contributed by atoms with Crippen LogP contribution in [-0.4, -0.2) is 37.6 Å². The van der Waals surface area contributed by atoms with Crippen LogP contribution in [0, 0.1) is 0 Å². The summed E-state index contributed by atoms with van der Waals surface area (Å²) in [6.45, 7) is 0.736. The number of aliphatic hydroxyl groups is 1. The first-order valence-electron chi connectivity index (χ1n) is 4.44. The lowest BCUT2D eigenvalue weighted by molar-refractivity contribution is -0.133. The lowest BCUT2D eigenvalue weighted by Crippen LogP contribution is -2.47. The Morgan fingerprint density at radius 3 is 2.58 bits per heavy atom. The van der Waals surface area contributed by atoms with Crippen LogP contribution in [0.3, 0.4) is 0 Å². The third-order valence-corrected chi connectivity index (χ3v) is 2.54. The average Bonchev–Trinajstić information content (AvgIpc) is 2.00.